The predicted octanol–water partition coefficient (Wildman–Crippen LogP) is 6.51. The van der Waals surface area contributed by atoms with Crippen LogP contribution in [0.4, 0.5) is 0 Å². The third kappa shape index (κ3) is 9.54. The zero-order valence-electron chi connectivity index (χ0n) is 17.1. The van der Waals surface area contributed by atoms with E-state index in [0.29, 0.717) is 0 Å². The molecule has 0 radical (unpaired) electrons. The van der Waals surface area contributed by atoms with Crippen LogP contribution in [0.3, 0.4) is 0 Å². The van der Waals surface area contributed by atoms with E-state index >= 15 is 0 Å². The molecule has 0 aromatic heterocycles. The minimum absolute atomic E-state index is 0.208. The van der Waals surface area contributed by atoms with Crippen molar-refractivity contribution < 1.29 is 10.2 Å². The minimum atomic E-state index is -0.208. The second-order valence-corrected chi connectivity index (χ2v) is 7.43. The Kier molecular flexibility index (Phi) is 13.2. The molecule has 148 valence electrons. The van der Waals surface area contributed by atoms with Crippen LogP contribution in [0.25, 0.3) is 0 Å². The van der Waals surface area contributed by atoms with Gasteiger partial charge in [-0.25, -0.2) is 0 Å². The summed E-state index contributed by atoms with van der Waals surface area (Å²) in [6, 6.07) is 8.17. The van der Waals surface area contributed by atoms with Crippen LogP contribution in [0.2, 0.25) is 0 Å². The van der Waals surface area contributed by atoms with Crippen LogP contribution in [0.15, 0.2) is 35.9 Å². The van der Waals surface area contributed by atoms with Crippen molar-refractivity contribution in [3.05, 3.63) is 47.0 Å². The first-order valence-electron chi connectivity index (χ1n) is 10.8. The molecule has 2 heteroatoms. The SMILES string of the molecule is CCC/C=C(\CO)CCCCCCCC.OC1CCCc2ccccc21. The number of hydrogen-bond acceptors (Lipinski definition) is 2. The van der Waals surface area contributed by atoms with E-state index in [1.807, 2.05) is 18.2 Å². The second-order valence-electron chi connectivity index (χ2n) is 7.43. The fraction of sp³-hybridized carbons (Fsp3) is 0.667. The van der Waals surface area contributed by atoms with Crippen LogP contribution in [0.1, 0.15) is 102 Å². The second kappa shape index (κ2) is 15.0. The highest BCUT2D eigenvalue weighted by atomic mass is 16.3. The van der Waals surface area contributed by atoms with Crippen LogP contribution in [0, 0.1) is 0 Å². The van der Waals surface area contributed by atoms with Crippen molar-refractivity contribution >= 4 is 0 Å². The molecule has 0 saturated heterocycles. The Morgan fingerprint density at radius 1 is 1.04 bits per heavy atom. The van der Waals surface area contributed by atoms with Crippen molar-refractivity contribution in [1.82, 2.24) is 0 Å². The van der Waals surface area contributed by atoms with Gasteiger partial charge in [-0.1, -0.05) is 82.7 Å². The Balaban J connectivity index is 0.000000269. The number of aliphatic hydroxyl groups excluding tert-OH is 2. The summed E-state index contributed by atoms with van der Waals surface area (Å²) < 4.78 is 0. The number of benzene rings is 1. The first kappa shape index (κ1) is 22.9. The van der Waals surface area contributed by atoms with Gasteiger partial charge < -0.3 is 10.2 Å². The number of unbranched alkanes of at least 4 members (excludes halogenated alkanes) is 6. The third-order valence-electron chi connectivity index (χ3n) is 5.11. The Labute approximate surface area is 161 Å². The lowest BCUT2D eigenvalue weighted by Crippen LogP contribution is -2.08. The fourth-order valence-corrected chi connectivity index (χ4v) is 3.45. The maximum Gasteiger partial charge on any atom is 0.0792 e. The molecule has 0 bridgehead atoms. The summed E-state index contributed by atoms with van der Waals surface area (Å²) in [6.07, 6.45) is 16.6. The zero-order valence-corrected chi connectivity index (χ0v) is 17.1. The number of allylic oxidation sites excluding steroid dienone is 1. The van der Waals surface area contributed by atoms with Gasteiger partial charge in [-0.3, -0.25) is 0 Å². The molecule has 1 aromatic carbocycles. The van der Waals surface area contributed by atoms with Crippen LogP contribution < -0.4 is 0 Å². The average molecular weight is 361 g/mol. The fourth-order valence-electron chi connectivity index (χ4n) is 3.45. The number of hydrogen-bond donors (Lipinski definition) is 2. The van der Waals surface area contributed by atoms with Crippen molar-refractivity contribution in [3.63, 3.8) is 0 Å². The van der Waals surface area contributed by atoms with Gasteiger partial charge in [0, 0.05) is 0 Å². The van der Waals surface area contributed by atoms with Crippen LogP contribution in [0.5, 0.6) is 0 Å². The molecule has 1 aromatic rings. The van der Waals surface area contributed by atoms with Gasteiger partial charge in [0.15, 0.2) is 0 Å². The first-order chi connectivity index (χ1) is 12.7. The molecule has 0 fully saturated rings. The summed E-state index contributed by atoms with van der Waals surface area (Å²) in [5.74, 6) is 0. The quantitative estimate of drug-likeness (QED) is 0.369. The van der Waals surface area contributed by atoms with Gasteiger partial charge in [0.1, 0.15) is 0 Å². The summed E-state index contributed by atoms with van der Waals surface area (Å²) in [5, 5.41) is 18.7. The number of aryl methyl sites for hydroxylation is 1. The van der Waals surface area contributed by atoms with Gasteiger partial charge >= 0.3 is 0 Å². The highest BCUT2D eigenvalue weighted by Crippen LogP contribution is 2.28. The standard InChI is InChI=1S/C14H28O.C10H12O/c1-3-5-7-8-9-10-12-14(13-15)11-6-4-2;11-10-7-3-5-8-4-1-2-6-9(8)10/h11,15H,3-10,12-13H2,1-2H3;1-2,4,6,10-11H,3,5,7H2/b14-11-;. The minimum Gasteiger partial charge on any atom is -0.392 e. The topological polar surface area (TPSA) is 40.5 Å². The molecule has 1 unspecified atom stereocenters. The van der Waals surface area contributed by atoms with E-state index < -0.39 is 0 Å². The van der Waals surface area contributed by atoms with Gasteiger partial charge in [0.2, 0.25) is 0 Å². The third-order valence-corrected chi connectivity index (χ3v) is 5.11. The number of rotatable bonds is 10. The predicted molar refractivity (Wildman–Crippen MR) is 112 cm³/mol. The largest absolute Gasteiger partial charge is 0.392 e. The summed E-state index contributed by atoms with van der Waals surface area (Å²) in [7, 11) is 0. The van der Waals surface area contributed by atoms with E-state index in [-0.39, 0.29) is 12.7 Å². The molecule has 0 saturated carbocycles. The average Bonchev–Trinajstić information content (AvgIpc) is 2.68. The van der Waals surface area contributed by atoms with Crippen LogP contribution in [-0.4, -0.2) is 16.8 Å². The zero-order chi connectivity index (χ0) is 19.0. The van der Waals surface area contributed by atoms with Gasteiger partial charge in [0.05, 0.1) is 12.7 Å². The Morgan fingerprint density at radius 3 is 2.46 bits per heavy atom. The molecule has 26 heavy (non-hydrogen) atoms. The lowest BCUT2D eigenvalue weighted by molar-refractivity contribution is 0.156. The molecular weight excluding hydrogens is 320 g/mol. The summed E-state index contributed by atoms with van der Waals surface area (Å²) in [5.41, 5.74) is 3.71. The number of aliphatic hydroxyl groups is 2. The van der Waals surface area contributed by atoms with Crippen molar-refractivity contribution in [2.24, 2.45) is 0 Å². The van der Waals surface area contributed by atoms with Gasteiger partial charge in [-0.2, -0.15) is 0 Å². The van der Waals surface area contributed by atoms with Crippen LogP contribution >= 0.6 is 0 Å². The van der Waals surface area contributed by atoms with Gasteiger partial charge in [-0.05, 0) is 55.2 Å². The van der Waals surface area contributed by atoms with Crippen molar-refractivity contribution in [2.75, 3.05) is 6.61 Å². The Bertz CT molecular complexity index is 493. The maximum absolute atomic E-state index is 9.56. The molecule has 1 aliphatic carbocycles. The first-order valence-corrected chi connectivity index (χ1v) is 10.8. The van der Waals surface area contributed by atoms with E-state index in [4.69, 9.17) is 5.11 Å². The van der Waals surface area contributed by atoms with E-state index in [9.17, 15) is 5.11 Å². The molecule has 1 aliphatic rings. The van der Waals surface area contributed by atoms with Crippen molar-refractivity contribution in [2.45, 2.75) is 97.0 Å². The molecule has 0 aliphatic heterocycles. The molecular formula is C24H40O2. The molecule has 2 nitrogen and oxygen atoms in total. The van der Waals surface area contributed by atoms with Crippen molar-refractivity contribution in [3.8, 4) is 0 Å². The Morgan fingerprint density at radius 2 is 1.77 bits per heavy atom. The molecule has 0 spiro atoms. The normalized spacial score (nSPS) is 16.6. The van der Waals surface area contributed by atoms with E-state index in [1.165, 1.54) is 56.1 Å². The molecule has 0 heterocycles. The summed E-state index contributed by atoms with van der Waals surface area (Å²) in [4.78, 5) is 0. The van der Waals surface area contributed by atoms with Gasteiger partial charge in [-0.15, -0.1) is 0 Å². The van der Waals surface area contributed by atoms with Crippen molar-refractivity contribution in [1.29, 1.82) is 0 Å². The highest BCUT2D eigenvalue weighted by Gasteiger charge is 2.15. The number of fused-ring (bicyclic) bond motifs is 1. The van der Waals surface area contributed by atoms with Gasteiger partial charge in [0.25, 0.3) is 0 Å². The Hall–Kier alpha value is -1.12. The van der Waals surface area contributed by atoms with E-state index in [1.54, 1.807) is 0 Å². The highest BCUT2D eigenvalue weighted by molar-refractivity contribution is 5.30. The lowest BCUT2D eigenvalue weighted by Gasteiger charge is -2.20. The monoisotopic (exact) mass is 360 g/mol. The molecule has 1 atom stereocenters. The maximum atomic E-state index is 9.56. The van der Waals surface area contributed by atoms with Crippen LogP contribution in [-0.2, 0) is 6.42 Å². The van der Waals surface area contributed by atoms with E-state index in [2.05, 4.69) is 26.0 Å². The summed E-state index contributed by atoms with van der Waals surface area (Å²) >= 11 is 0. The summed E-state index contributed by atoms with van der Waals surface area (Å²) in [6.45, 7) is 4.68. The molecule has 2 N–H and O–H groups in total. The molecule has 0 amide bonds. The smallest absolute Gasteiger partial charge is 0.0792 e. The van der Waals surface area contributed by atoms with E-state index in [0.717, 1.165) is 37.7 Å². The molecule has 2 rings (SSSR count). The lowest BCUT2D eigenvalue weighted by atomic mass is 9.90.